The summed E-state index contributed by atoms with van der Waals surface area (Å²) >= 11 is 0. The molecule has 1 unspecified atom stereocenters. The molecule has 0 amide bonds. The first-order valence-electron chi connectivity index (χ1n) is 6.34. The Morgan fingerprint density at radius 3 is 2.69 bits per heavy atom. The lowest BCUT2D eigenvalue weighted by molar-refractivity contribution is 0.444. The maximum Gasteiger partial charge on any atom is 0.0724 e. The number of aromatic nitrogens is 3. The summed E-state index contributed by atoms with van der Waals surface area (Å²) in [6.45, 7) is 5.57. The Bertz CT molecular complexity index is 282. The quantitative estimate of drug-likeness (QED) is 0.733. The number of hydrogen-bond donors (Lipinski definition) is 1. The molecule has 0 spiro atoms. The van der Waals surface area contributed by atoms with Crippen molar-refractivity contribution in [1.29, 1.82) is 0 Å². The van der Waals surface area contributed by atoms with Crippen LogP contribution in [0.2, 0.25) is 0 Å². The molecule has 0 aromatic carbocycles. The second kappa shape index (κ2) is 7.39. The van der Waals surface area contributed by atoms with Gasteiger partial charge in [-0.15, -0.1) is 5.10 Å². The molecule has 16 heavy (non-hydrogen) atoms. The van der Waals surface area contributed by atoms with Gasteiger partial charge in [-0.05, 0) is 32.2 Å². The van der Waals surface area contributed by atoms with E-state index in [1.54, 1.807) is 0 Å². The third-order valence-corrected chi connectivity index (χ3v) is 2.88. The lowest BCUT2D eigenvalue weighted by atomic mass is 10.0. The van der Waals surface area contributed by atoms with Gasteiger partial charge < -0.3 is 5.32 Å². The average Bonchev–Trinajstić information content (AvgIpc) is 2.68. The molecule has 0 fully saturated rings. The van der Waals surface area contributed by atoms with Gasteiger partial charge in [-0.1, -0.05) is 25.5 Å². The summed E-state index contributed by atoms with van der Waals surface area (Å²) in [5, 5.41) is 11.5. The normalized spacial score (nSPS) is 12.9. The van der Waals surface area contributed by atoms with E-state index in [2.05, 4.69) is 29.5 Å². The molecule has 1 aromatic rings. The van der Waals surface area contributed by atoms with E-state index in [0.29, 0.717) is 6.04 Å². The summed E-state index contributed by atoms with van der Waals surface area (Å²) in [4.78, 5) is 0. The van der Waals surface area contributed by atoms with E-state index in [0.717, 1.165) is 13.0 Å². The van der Waals surface area contributed by atoms with Crippen LogP contribution in [-0.4, -0.2) is 27.6 Å². The lowest BCUT2D eigenvalue weighted by Crippen LogP contribution is -2.30. The highest BCUT2D eigenvalue weighted by atomic mass is 15.4. The predicted molar refractivity (Wildman–Crippen MR) is 66.3 cm³/mol. The molecule has 0 radical (unpaired) electrons. The fourth-order valence-electron chi connectivity index (χ4n) is 1.90. The number of nitrogens with one attached hydrogen (secondary N) is 1. The summed E-state index contributed by atoms with van der Waals surface area (Å²) in [6, 6.07) is 0.639. The summed E-state index contributed by atoms with van der Waals surface area (Å²) < 4.78 is 1.86. The monoisotopic (exact) mass is 224 g/mol. The minimum Gasteiger partial charge on any atom is -0.314 e. The highest BCUT2D eigenvalue weighted by Gasteiger charge is 2.08. The first kappa shape index (κ1) is 13.2. The molecule has 4 heteroatoms. The van der Waals surface area contributed by atoms with Crippen LogP contribution in [0.25, 0.3) is 0 Å². The van der Waals surface area contributed by atoms with E-state index in [9.17, 15) is 0 Å². The molecule has 1 rings (SSSR count). The number of aryl methyl sites for hydroxylation is 2. The van der Waals surface area contributed by atoms with E-state index in [1.165, 1.54) is 31.4 Å². The van der Waals surface area contributed by atoms with Gasteiger partial charge in [0.05, 0.1) is 11.9 Å². The van der Waals surface area contributed by atoms with Crippen molar-refractivity contribution in [3.63, 3.8) is 0 Å². The van der Waals surface area contributed by atoms with Crippen LogP contribution < -0.4 is 5.32 Å². The van der Waals surface area contributed by atoms with Crippen molar-refractivity contribution in [3.05, 3.63) is 11.9 Å². The molecule has 1 N–H and O–H groups in total. The van der Waals surface area contributed by atoms with Crippen molar-refractivity contribution in [2.75, 3.05) is 6.54 Å². The van der Waals surface area contributed by atoms with Crippen LogP contribution in [0.3, 0.4) is 0 Å². The smallest absolute Gasteiger partial charge is 0.0724 e. The Morgan fingerprint density at radius 1 is 1.31 bits per heavy atom. The van der Waals surface area contributed by atoms with Gasteiger partial charge in [-0.25, -0.2) is 0 Å². The van der Waals surface area contributed by atoms with Gasteiger partial charge in [0.1, 0.15) is 0 Å². The minimum atomic E-state index is 0.639. The van der Waals surface area contributed by atoms with Crippen LogP contribution in [-0.2, 0) is 13.5 Å². The SMILES string of the molecule is CCCNC(CCC)CCc1cnnn1C. The molecule has 0 bridgehead atoms. The van der Waals surface area contributed by atoms with Gasteiger partial charge in [0, 0.05) is 13.1 Å². The van der Waals surface area contributed by atoms with Gasteiger partial charge >= 0.3 is 0 Å². The topological polar surface area (TPSA) is 42.7 Å². The average molecular weight is 224 g/mol. The highest BCUT2D eigenvalue weighted by Crippen LogP contribution is 2.07. The Morgan fingerprint density at radius 2 is 2.12 bits per heavy atom. The maximum absolute atomic E-state index is 3.95. The number of hydrogen-bond acceptors (Lipinski definition) is 3. The molecule has 0 aliphatic heterocycles. The van der Waals surface area contributed by atoms with Gasteiger partial charge in [0.25, 0.3) is 0 Å². The van der Waals surface area contributed by atoms with Crippen LogP contribution in [0.5, 0.6) is 0 Å². The summed E-state index contributed by atoms with van der Waals surface area (Å²) in [7, 11) is 1.95. The molecular weight excluding hydrogens is 200 g/mol. The highest BCUT2D eigenvalue weighted by molar-refractivity contribution is 4.94. The third kappa shape index (κ3) is 4.31. The van der Waals surface area contributed by atoms with Crippen molar-refractivity contribution in [2.24, 2.45) is 7.05 Å². The fraction of sp³-hybridized carbons (Fsp3) is 0.833. The molecule has 0 aliphatic rings. The summed E-state index contributed by atoms with van der Waals surface area (Å²) in [5.74, 6) is 0. The first-order chi connectivity index (χ1) is 7.77. The molecule has 0 saturated carbocycles. The van der Waals surface area contributed by atoms with Gasteiger partial charge in [-0.3, -0.25) is 4.68 Å². The Kier molecular flexibility index (Phi) is 6.08. The zero-order chi connectivity index (χ0) is 11.8. The molecule has 0 aliphatic carbocycles. The summed E-state index contributed by atoms with van der Waals surface area (Å²) in [6.07, 6.45) is 7.80. The van der Waals surface area contributed by atoms with Crippen molar-refractivity contribution < 1.29 is 0 Å². The van der Waals surface area contributed by atoms with Crippen LogP contribution >= 0.6 is 0 Å². The van der Waals surface area contributed by atoms with Crippen LogP contribution in [0.4, 0.5) is 0 Å². The van der Waals surface area contributed by atoms with Gasteiger partial charge in [-0.2, -0.15) is 0 Å². The number of nitrogens with zero attached hydrogens (tertiary/aromatic N) is 3. The molecule has 1 atom stereocenters. The van der Waals surface area contributed by atoms with Gasteiger partial charge in [0.15, 0.2) is 0 Å². The van der Waals surface area contributed by atoms with Crippen molar-refractivity contribution in [1.82, 2.24) is 20.3 Å². The largest absolute Gasteiger partial charge is 0.314 e. The number of rotatable bonds is 8. The zero-order valence-electron chi connectivity index (χ0n) is 10.7. The summed E-state index contributed by atoms with van der Waals surface area (Å²) in [5.41, 5.74) is 1.22. The Labute approximate surface area is 98.4 Å². The first-order valence-corrected chi connectivity index (χ1v) is 6.34. The second-order valence-corrected chi connectivity index (χ2v) is 4.33. The zero-order valence-corrected chi connectivity index (χ0v) is 10.7. The Hall–Kier alpha value is -0.900. The molecule has 0 saturated heterocycles. The van der Waals surface area contributed by atoms with E-state index >= 15 is 0 Å². The molecule has 4 nitrogen and oxygen atoms in total. The van der Waals surface area contributed by atoms with Crippen molar-refractivity contribution in [2.45, 2.75) is 52.0 Å². The maximum atomic E-state index is 3.95. The standard InChI is InChI=1S/C12H24N4/c1-4-6-11(13-9-5-2)7-8-12-10-14-15-16(12)3/h10-11,13H,4-9H2,1-3H3. The van der Waals surface area contributed by atoms with E-state index in [-0.39, 0.29) is 0 Å². The predicted octanol–water partition coefficient (Wildman–Crippen LogP) is 1.92. The lowest BCUT2D eigenvalue weighted by Gasteiger charge is -2.17. The van der Waals surface area contributed by atoms with Crippen LogP contribution in [0, 0.1) is 0 Å². The van der Waals surface area contributed by atoms with Crippen molar-refractivity contribution >= 4 is 0 Å². The second-order valence-electron chi connectivity index (χ2n) is 4.33. The van der Waals surface area contributed by atoms with Crippen LogP contribution in [0.1, 0.15) is 45.2 Å². The van der Waals surface area contributed by atoms with Gasteiger partial charge in [0.2, 0.25) is 0 Å². The molecule has 1 heterocycles. The van der Waals surface area contributed by atoms with E-state index in [4.69, 9.17) is 0 Å². The van der Waals surface area contributed by atoms with Crippen molar-refractivity contribution in [3.8, 4) is 0 Å². The molecule has 1 aromatic heterocycles. The fourth-order valence-corrected chi connectivity index (χ4v) is 1.90. The molecular formula is C12H24N4. The molecule has 92 valence electrons. The van der Waals surface area contributed by atoms with E-state index < -0.39 is 0 Å². The Balaban J connectivity index is 2.34. The third-order valence-electron chi connectivity index (χ3n) is 2.88. The van der Waals surface area contributed by atoms with E-state index in [1.807, 2.05) is 17.9 Å². The van der Waals surface area contributed by atoms with Crippen LogP contribution in [0.15, 0.2) is 6.20 Å². The minimum absolute atomic E-state index is 0.639.